The van der Waals surface area contributed by atoms with Gasteiger partial charge in [-0.1, -0.05) is 19.9 Å². The predicted octanol–water partition coefficient (Wildman–Crippen LogP) is 3.42. The van der Waals surface area contributed by atoms with Gasteiger partial charge < -0.3 is 5.73 Å². The molecule has 2 heteroatoms. The van der Waals surface area contributed by atoms with Crippen molar-refractivity contribution in [2.45, 2.75) is 31.6 Å². The van der Waals surface area contributed by atoms with Crippen LogP contribution in [0.1, 0.15) is 30.9 Å². The van der Waals surface area contributed by atoms with Crippen LogP contribution in [0, 0.1) is 6.92 Å². The van der Waals surface area contributed by atoms with E-state index in [-0.39, 0.29) is 0 Å². The van der Waals surface area contributed by atoms with Crippen LogP contribution in [0.25, 0.3) is 0 Å². The lowest BCUT2D eigenvalue weighted by Gasteiger charge is -2.12. The first-order valence-corrected chi connectivity index (χ1v) is 5.72. The van der Waals surface area contributed by atoms with E-state index in [4.69, 9.17) is 5.73 Å². The monoisotopic (exact) mass is 195 g/mol. The lowest BCUT2D eigenvalue weighted by Crippen LogP contribution is -1.96. The molecule has 0 saturated carbocycles. The molecule has 1 nitrogen and oxygen atoms in total. The van der Waals surface area contributed by atoms with Crippen LogP contribution in [0.15, 0.2) is 17.0 Å². The summed E-state index contributed by atoms with van der Waals surface area (Å²) in [6, 6.07) is 4.32. The Morgan fingerprint density at radius 3 is 2.31 bits per heavy atom. The Hall–Kier alpha value is -0.630. The number of aryl methyl sites for hydroxylation is 1. The Bertz CT molecular complexity index is 282. The van der Waals surface area contributed by atoms with Gasteiger partial charge in [0.15, 0.2) is 0 Å². The van der Waals surface area contributed by atoms with Crippen molar-refractivity contribution in [3.8, 4) is 0 Å². The van der Waals surface area contributed by atoms with Crippen LogP contribution in [0.4, 0.5) is 5.69 Å². The third-order valence-electron chi connectivity index (χ3n) is 2.20. The predicted molar refractivity (Wildman–Crippen MR) is 61.5 cm³/mol. The third kappa shape index (κ3) is 2.19. The van der Waals surface area contributed by atoms with Gasteiger partial charge in [0.25, 0.3) is 0 Å². The number of anilines is 1. The van der Waals surface area contributed by atoms with Gasteiger partial charge in [0.05, 0.1) is 0 Å². The summed E-state index contributed by atoms with van der Waals surface area (Å²) < 4.78 is 0. The molecular weight excluding hydrogens is 178 g/mol. The van der Waals surface area contributed by atoms with Crippen molar-refractivity contribution < 1.29 is 0 Å². The molecule has 0 fully saturated rings. The molecule has 72 valence electrons. The summed E-state index contributed by atoms with van der Waals surface area (Å²) in [6.45, 7) is 6.49. The molecule has 0 unspecified atom stereocenters. The molecule has 1 rings (SSSR count). The summed E-state index contributed by atoms with van der Waals surface area (Å²) >= 11 is 1.72. The summed E-state index contributed by atoms with van der Waals surface area (Å²) in [7, 11) is 0. The van der Waals surface area contributed by atoms with E-state index in [1.807, 2.05) is 0 Å². The van der Waals surface area contributed by atoms with E-state index in [1.165, 1.54) is 16.0 Å². The van der Waals surface area contributed by atoms with Gasteiger partial charge in [-0.3, -0.25) is 0 Å². The first-order valence-electron chi connectivity index (χ1n) is 4.50. The van der Waals surface area contributed by atoms with E-state index in [0.29, 0.717) is 5.92 Å². The molecule has 0 atom stereocenters. The smallest absolute Gasteiger partial charge is 0.0457 e. The molecule has 0 saturated heterocycles. The third-order valence-corrected chi connectivity index (χ3v) is 3.16. The molecule has 1 aromatic rings. The normalized spacial score (nSPS) is 10.8. The number of nitrogen functional groups attached to an aromatic ring is 1. The fourth-order valence-electron chi connectivity index (χ4n) is 1.44. The average Bonchev–Trinajstić information content (AvgIpc) is 2.03. The molecule has 1 aromatic carbocycles. The molecular formula is C11H17NS. The van der Waals surface area contributed by atoms with Gasteiger partial charge in [0.2, 0.25) is 0 Å². The van der Waals surface area contributed by atoms with Crippen molar-refractivity contribution in [3.63, 3.8) is 0 Å². The quantitative estimate of drug-likeness (QED) is 0.578. The maximum Gasteiger partial charge on any atom is 0.0457 e. The Labute approximate surface area is 84.7 Å². The number of hydrogen-bond acceptors (Lipinski definition) is 2. The second kappa shape index (κ2) is 4.05. The van der Waals surface area contributed by atoms with Crippen LogP contribution in [-0.4, -0.2) is 6.26 Å². The Morgan fingerprint density at radius 2 is 1.92 bits per heavy atom. The lowest BCUT2D eigenvalue weighted by molar-refractivity contribution is 0.863. The highest BCUT2D eigenvalue weighted by Crippen LogP contribution is 2.30. The van der Waals surface area contributed by atoms with Gasteiger partial charge >= 0.3 is 0 Å². The first-order chi connectivity index (χ1) is 6.06. The second-order valence-electron chi connectivity index (χ2n) is 3.61. The highest BCUT2D eigenvalue weighted by Gasteiger charge is 2.06. The molecule has 2 N–H and O–H groups in total. The zero-order valence-electron chi connectivity index (χ0n) is 8.72. The first kappa shape index (κ1) is 10.5. The minimum atomic E-state index is 0.553. The van der Waals surface area contributed by atoms with Crippen LogP contribution in [-0.2, 0) is 0 Å². The van der Waals surface area contributed by atoms with Crippen molar-refractivity contribution in [3.05, 3.63) is 23.3 Å². The number of nitrogens with two attached hydrogens (primary N) is 1. The number of thioether (sulfide) groups is 1. The average molecular weight is 195 g/mol. The fourth-order valence-corrected chi connectivity index (χ4v) is 2.12. The molecule has 0 bridgehead atoms. The molecule has 0 spiro atoms. The minimum Gasteiger partial charge on any atom is -0.398 e. The van der Waals surface area contributed by atoms with E-state index in [2.05, 4.69) is 39.2 Å². The molecule has 13 heavy (non-hydrogen) atoms. The number of hydrogen-bond donors (Lipinski definition) is 1. The number of rotatable bonds is 2. The van der Waals surface area contributed by atoms with E-state index in [0.717, 1.165) is 5.69 Å². The Kier molecular flexibility index (Phi) is 3.26. The van der Waals surface area contributed by atoms with Gasteiger partial charge in [-0.05, 0) is 36.3 Å². The van der Waals surface area contributed by atoms with Crippen LogP contribution in [0.5, 0.6) is 0 Å². The highest BCUT2D eigenvalue weighted by atomic mass is 32.2. The minimum absolute atomic E-state index is 0.553. The molecule has 0 amide bonds. The Morgan fingerprint density at radius 1 is 1.31 bits per heavy atom. The molecule has 0 aromatic heterocycles. The zero-order valence-corrected chi connectivity index (χ0v) is 9.53. The zero-order chi connectivity index (χ0) is 10.0. The molecule has 0 radical (unpaired) electrons. The summed E-state index contributed by atoms with van der Waals surface area (Å²) in [5.41, 5.74) is 9.48. The van der Waals surface area contributed by atoms with Gasteiger partial charge in [-0.25, -0.2) is 0 Å². The summed E-state index contributed by atoms with van der Waals surface area (Å²) in [4.78, 5) is 1.21. The van der Waals surface area contributed by atoms with Gasteiger partial charge in [-0.2, -0.15) is 0 Å². The fraction of sp³-hybridized carbons (Fsp3) is 0.455. The van der Waals surface area contributed by atoms with Crippen molar-refractivity contribution >= 4 is 17.4 Å². The lowest BCUT2D eigenvalue weighted by atomic mass is 10.0. The standard InChI is InChI=1S/C11H17NS/c1-7(2)9-5-8(3)11(13-4)10(12)6-9/h5-7H,12H2,1-4H3. The van der Waals surface area contributed by atoms with E-state index >= 15 is 0 Å². The van der Waals surface area contributed by atoms with Crippen LogP contribution in [0.3, 0.4) is 0 Å². The molecule has 0 aliphatic carbocycles. The second-order valence-corrected chi connectivity index (χ2v) is 4.43. The van der Waals surface area contributed by atoms with E-state index in [1.54, 1.807) is 11.8 Å². The maximum absolute atomic E-state index is 5.95. The van der Waals surface area contributed by atoms with Gasteiger partial charge in [-0.15, -0.1) is 11.8 Å². The van der Waals surface area contributed by atoms with Crippen LogP contribution < -0.4 is 5.73 Å². The van der Waals surface area contributed by atoms with E-state index < -0.39 is 0 Å². The van der Waals surface area contributed by atoms with Crippen LogP contribution in [0.2, 0.25) is 0 Å². The van der Waals surface area contributed by atoms with E-state index in [9.17, 15) is 0 Å². The summed E-state index contributed by atoms with van der Waals surface area (Å²) in [6.07, 6.45) is 2.06. The topological polar surface area (TPSA) is 26.0 Å². The number of benzene rings is 1. The van der Waals surface area contributed by atoms with Gasteiger partial charge in [0.1, 0.15) is 0 Å². The summed E-state index contributed by atoms with van der Waals surface area (Å²) in [5, 5.41) is 0. The van der Waals surface area contributed by atoms with Crippen molar-refractivity contribution in [1.29, 1.82) is 0 Å². The van der Waals surface area contributed by atoms with Crippen LogP contribution >= 0.6 is 11.8 Å². The molecule has 0 aliphatic rings. The van der Waals surface area contributed by atoms with Crippen molar-refractivity contribution in [2.24, 2.45) is 0 Å². The highest BCUT2D eigenvalue weighted by molar-refractivity contribution is 7.98. The summed E-state index contributed by atoms with van der Waals surface area (Å²) in [5.74, 6) is 0.553. The SMILES string of the molecule is CSc1c(C)cc(C(C)C)cc1N. The van der Waals surface area contributed by atoms with Gasteiger partial charge in [0, 0.05) is 10.6 Å². The van der Waals surface area contributed by atoms with Crippen molar-refractivity contribution in [2.75, 3.05) is 12.0 Å². The van der Waals surface area contributed by atoms with Crippen molar-refractivity contribution in [1.82, 2.24) is 0 Å². The molecule has 0 aliphatic heterocycles. The molecule has 0 heterocycles. The Balaban J connectivity index is 3.20. The largest absolute Gasteiger partial charge is 0.398 e. The maximum atomic E-state index is 5.95.